The van der Waals surface area contributed by atoms with Crippen molar-refractivity contribution in [2.75, 3.05) is 32.8 Å². The highest BCUT2D eigenvalue weighted by atomic mass is 16.5. The van der Waals surface area contributed by atoms with Gasteiger partial charge >= 0.3 is 5.97 Å². The number of carbonyl (C=O) groups is 1. The van der Waals surface area contributed by atoms with Crippen molar-refractivity contribution < 1.29 is 19.4 Å². The van der Waals surface area contributed by atoms with Gasteiger partial charge in [-0.05, 0) is 82.6 Å². The Kier molecular flexibility index (Phi) is 5.58. The molecule has 5 fully saturated rings. The highest BCUT2D eigenvalue weighted by Crippen LogP contribution is 2.57. The number of esters is 1. The Morgan fingerprint density at radius 1 is 1.19 bits per heavy atom. The molecule has 0 aromatic rings. The van der Waals surface area contributed by atoms with E-state index < -0.39 is 6.10 Å². The summed E-state index contributed by atoms with van der Waals surface area (Å²) in [6.45, 7) is 4.98. The zero-order valence-electron chi connectivity index (χ0n) is 16.2. The van der Waals surface area contributed by atoms with Crippen LogP contribution in [0.3, 0.4) is 0 Å². The second kappa shape index (κ2) is 7.76. The summed E-state index contributed by atoms with van der Waals surface area (Å²) in [7, 11) is 0. The molecule has 0 aromatic carbocycles. The van der Waals surface area contributed by atoms with Gasteiger partial charge in [0.2, 0.25) is 0 Å². The van der Waals surface area contributed by atoms with Gasteiger partial charge in [-0.25, -0.2) is 0 Å². The number of likely N-dealkylation sites (tertiary alicyclic amines) is 1. The first kappa shape index (κ1) is 18.7. The van der Waals surface area contributed by atoms with Gasteiger partial charge in [-0.3, -0.25) is 9.69 Å². The third-order valence-corrected chi connectivity index (χ3v) is 7.16. The molecule has 0 spiro atoms. The first-order valence-corrected chi connectivity index (χ1v) is 10.8. The molecule has 0 radical (unpaired) electrons. The van der Waals surface area contributed by atoms with Gasteiger partial charge in [-0.1, -0.05) is 0 Å². The van der Waals surface area contributed by atoms with Gasteiger partial charge < -0.3 is 14.6 Å². The van der Waals surface area contributed by atoms with Crippen molar-refractivity contribution in [2.24, 2.45) is 23.7 Å². The van der Waals surface area contributed by atoms with E-state index in [1.165, 1.54) is 38.5 Å². The van der Waals surface area contributed by atoms with Crippen LogP contribution in [0.4, 0.5) is 0 Å². The van der Waals surface area contributed by atoms with Gasteiger partial charge in [0.05, 0.1) is 30.8 Å². The molecule has 5 heteroatoms. The lowest BCUT2D eigenvalue weighted by Gasteiger charge is -2.56. The van der Waals surface area contributed by atoms with Gasteiger partial charge in [0.25, 0.3) is 0 Å². The topological polar surface area (TPSA) is 59.0 Å². The van der Waals surface area contributed by atoms with Gasteiger partial charge in [-0.2, -0.15) is 0 Å². The fourth-order valence-corrected chi connectivity index (χ4v) is 6.51. The number of aliphatic hydroxyl groups excluding tert-OH is 1. The number of rotatable bonds is 7. The molecule has 0 amide bonds. The van der Waals surface area contributed by atoms with Crippen LogP contribution in [0.2, 0.25) is 0 Å². The van der Waals surface area contributed by atoms with Crippen molar-refractivity contribution in [3.63, 3.8) is 0 Å². The fraction of sp³-hybridized carbons (Fsp3) is 0.952. The lowest BCUT2D eigenvalue weighted by molar-refractivity contribution is -0.176. The highest BCUT2D eigenvalue weighted by molar-refractivity contribution is 5.72. The number of ether oxygens (including phenoxy) is 2. The molecule has 148 valence electrons. The van der Waals surface area contributed by atoms with E-state index >= 15 is 0 Å². The smallest absolute Gasteiger partial charge is 0.310 e. The van der Waals surface area contributed by atoms with E-state index in [-0.39, 0.29) is 17.5 Å². The van der Waals surface area contributed by atoms with Gasteiger partial charge in [0.1, 0.15) is 0 Å². The van der Waals surface area contributed by atoms with Crippen LogP contribution >= 0.6 is 0 Å². The van der Waals surface area contributed by atoms with Gasteiger partial charge in [0, 0.05) is 13.1 Å². The number of hydrogen-bond donors (Lipinski definition) is 1. The molecule has 1 N–H and O–H groups in total. The predicted octanol–water partition coefficient (Wildman–Crippen LogP) is 2.61. The third-order valence-electron chi connectivity index (χ3n) is 7.16. The molecule has 0 aromatic heterocycles. The van der Waals surface area contributed by atoms with Crippen molar-refractivity contribution in [1.29, 1.82) is 0 Å². The second-order valence-electron chi connectivity index (χ2n) is 9.42. The minimum atomic E-state index is -0.469. The average Bonchev–Trinajstić information content (AvgIpc) is 2.59. The summed E-state index contributed by atoms with van der Waals surface area (Å²) in [6, 6.07) is 0. The third kappa shape index (κ3) is 4.10. The minimum absolute atomic E-state index is 0.0417. The maximum atomic E-state index is 12.0. The van der Waals surface area contributed by atoms with Crippen LogP contribution in [-0.2, 0) is 14.3 Å². The number of aliphatic hydroxyl groups is 1. The first-order chi connectivity index (χ1) is 12.5. The maximum absolute atomic E-state index is 12.0. The Hall–Kier alpha value is -0.650. The standard InChI is InChI=1S/C21H35NO4/c1-2-25-20(24)18-4-3-5-22(12-18)13-19(23)14-26-21-9-15-6-16(10-21)8-17(7-15)11-21/h15-19,23H,2-14H2,1H3/t15?,16?,17?,18-,19-,21?/m0/s1. The molecule has 1 heterocycles. The summed E-state index contributed by atoms with van der Waals surface area (Å²) < 4.78 is 11.6. The van der Waals surface area contributed by atoms with Crippen molar-refractivity contribution in [1.82, 2.24) is 4.90 Å². The number of piperidine rings is 1. The van der Waals surface area contributed by atoms with Crippen LogP contribution in [0.5, 0.6) is 0 Å². The number of hydrogen-bond acceptors (Lipinski definition) is 5. The van der Waals surface area contributed by atoms with Gasteiger partial charge in [0.15, 0.2) is 0 Å². The van der Waals surface area contributed by atoms with E-state index in [9.17, 15) is 9.90 Å². The molecule has 5 aliphatic rings. The lowest BCUT2D eigenvalue weighted by Crippen LogP contribution is -2.53. The Labute approximate surface area is 157 Å². The molecule has 2 atom stereocenters. The lowest BCUT2D eigenvalue weighted by atomic mass is 9.54. The van der Waals surface area contributed by atoms with E-state index in [0.717, 1.165) is 37.1 Å². The van der Waals surface area contributed by atoms with Crippen LogP contribution in [0.15, 0.2) is 0 Å². The normalized spacial score (nSPS) is 40.5. The molecular formula is C21H35NO4. The highest BCUT2D eigenvalue weighted by Gasteiger charge is 2.51. The molecule has 1 saturated heterocycles. The van der Waals surface area contributed by atoms with E-state index in [4.69, 9.17) is 9.47 Å². The largest absolute Gasteiger partial charge is 0.466 e. The molecule has 4 bridgehead atoms. The number of nitrogens with zero attached hydrogens (tertiary/aromatic N) is 1. The number of β-amino-alcohol motifs (C(OH)–C–C–N with tert-alkyl or cyclic N) is 1. The Morgan fingerprint density at radius 3 is 2.46 bits per heavy atom. The van der Waals surface area contributed by atoms with Crippen LogP contribution in [0.1, 0.15) is 58.3 Å². The first-order valence-electron chi connectivity index (χ1n) is 10.8. The predicted molar refractivity (Wildman–Crippen MR) is 98.7 cm³/mol. The quantitative estimate of drug-likeness (QED) is 0.703. The zero-order chi connectivity index (χ0) is 18.1. The molecule has 26 heavy (non-hydrogen) atoms. The van der Waals surface area contributed by atoms with Gasteiger partial charge in [-0.15, -0.1) is 0 Å². The monoisotopic (exact) mass is 365 g/mol. The zero-order valence-corrected chi connectivity index (χ0v) is 16.2. The van der Waals surface area contributed by atoms with Crippen LogP contribution in [-0.4, -0.2) is 60.5 Å². The summed E-state index contributed by atoms with van der Waals surface area (Å²) in [5.41, 5.74) is 0.0606. The molecule has 0 unspecified atom stereocenters. The van der Waals surface area contributed by atoms with E-state index in [1.807, 2.05) is 6.92 Å². The van der Waals surface area contributed by atoms with Crippen molar-refractivity contribution in [3.05, 3.63) is 0 Å². The summed E-state index contributed by atoms with van der Waals surface area (Å²) >= 11 is 0. The van der Waals surface area contributed by atoms with Crippen LogP contribution in [0.25, 0.3) is 0 Å². The maximum Gasteiger partial charge on any atom is 0.310 e. The summed E-state index contributed by atoms with van der Waals surface area (Å²) in [4.78, 5) is 14.2. The fourth-order valence-electron chi connectivity index (χ4n) is 6.51. The summed E-state index contributed by atoms with van der Waals surface area (Å²) in [5.74, 6) is 2.47. The van der Waals surface area contributed by atoms with E-state index in [0.29, 0.717) is 26.3 Å². The minimum Gasteiger partial charge on any atom is -0.466 e. The van der Waals surface area contributed by atoms with Crippen molar-refractivity contribution >= 4 is 5.97 Å². The van der Waals surface area contributed by atoms with Crippen LogP contribution in [0, 0.1) is 23.7 Å². The Bertz CT molecular complexity index is 473. The molecule has 1 aliphatic heterocycles. The van der Waals surface area contributed by atoms with Crippen molar-refractivity contribution in [2.45, 2.75) is 70.0 Å². The molecule has 5 nitrogen and oxygen atoms in total. The Balaban J connectivity index is 1.24. The molecule has 4 saturated carbocycles. The van der Waals surface area contributed by atoms with E-state index in [1.54, 1.807) is 0 Å². The summed E-state index contributed by atoms with van der Waals surface area (Å²) in [6.07, 6.45) is 9.28. The van der Waals surface area contributed by atoms with Crippen LogP contribution < -0.4 is 0 Å². The summed E-state index contributed by atoms with van der Waals surface area (Å²) in [5, 5.41) is 10.5. The second-order valence-corrected chi connectivity index (χ2v) is 9.42. The van der Waals surface area contributed by atoms with E-state index in [2.05, 4.69) is 4.90 Å². The molecule has 4 aliphatic carbocycles. The molecular weight excluding hydrogens is 330 g/mol. The Morgan fingerprint density at radius 2 is 1.85 bits per heavy atom. The molecule has 5 rings (SSSR count). The SMILES string of the molecule is CCOC(=O)[C@H]1CCCN(C[C@H](O)COC23CC4CC(CC(C4)C2)C3)C1. The number of carbonyl (C=O) groups excluding carboxylic acids is 1. The van der Waals surface area contributed by atoms with Crippen molar-refractivity contribution in [3.8, 4) is 0 Å². The average molecular weight is 366 g/mol.